The summed E-state index contributed by atoms with van der Waals surface area (Å²) in [5.41, 5.74) is 5.29. The molecule has 0 aliphatic carbocycles. The summed E-state index contributed by atoms with van der Waals surface area (Å²) in [7, 11) is 1.37. The van der Waals surface area contributed by atoms with Gasteiger partial charge < -0.3 is 20.7 Å². The van der Waals surface area contributed by atoms with Crippen LogP contribution in [0.3, 0.4) is 0 Å². The van der Waals surface area contributed by atoms with Crippen molar-refractivity contribution in [1.82, 2.24) is 0 Å². The molecule has 0 bridgehead atoms. The summed E-state index contributed by atoms with van der Waals surface area (Å²) in [4.78, 5) is 10.1. The predicted molar refractivity (Wildman–Crippen MR) is 64.3 cm³/mol. The molecule has 0 aliphatic heterocycles. The summed E-state index contributed by atoms with van der Waals surface area (Å²) in [6.45, 7) is 0.213. The van der Waals surface area contributed by atoms with Gasteiger partial charge in [-0.05, 0) is 24.6 Å². The number of benzene rings is 1. The van der Waals surface area contributed by atoms with Crippen LogP contribution in [0.5, 0.6) is 5.75 Å². The summed E-state index contributed by atoms with van der Waals surface area (Å²) >= 11 is 0. The lowest BCUT2D eigenvalue weighted by atomic mass is 10.0. The molecule has 0 spiro atoms. The van der Waals surface area contributed by atoms with Crippen LogP contribution in [-0.2, 0) is 0 Å². The molecule has 0 radical (unpaired) electrons. The minimum Gasteiger partial charge on any atom is -0.496 e. The monoisotopic (exact) mass is 256 g/mol. The summed E-state index contributed by atoms with van der Waals surface area (Å²) < 4.78 is 4.91. The maximum atomic E-state index is 10.7. The number of methoxy groups -OCH3 is 1. The Morgan fingerprint density at radius 3 is 2.61 bits per heavy atom. The summed E-state index contributed by atoms with van der Waals surface area (Å²) in [6.07, 6.45) is -2.10. The number of nitrogens with zero attached hydrogens (tertiary/aromatic N) is 1. The van der Waals surface area contributed by atoms with Gasteiger partial charge in [0.1, 0.15) is 11.9 Å². The molecule has 4 N–H and O–H groups in total. The molecule has 0 heterocycles. The number of nitro benzene ring substituents is 1. The van der Waals surface area contributed by atoms with Crippen LogP contribution in [0, 0.1) is 10.1 Å². The van der Waals surface area contributed by atoms with Crippen molar-refractivity contribution in [3.8, 4) is 5.75 Å². The highest BCUT2D eigenvalue weighted by Gasteiger charge is 2.21. The second-order valence-corrected chi connectivity index (χ2v) is 3.81. The Balaban J connectivity index is 3.07. The fourth-order valence-corrected chi connectivity index (χ4v) is 1.55. The third-order valence-electron chi connectivity index (χ3n) is 2.53. The van der Waals surface area contributed by atoms with Gasteiger partial charge in [-0.1, -0.05) is 0 Å². The first kappa shape index (κ1) is 14.4. The zero-order valence-corrected chi connectivity index (χ0v) is 9.94. The van der Waals surface area contributed by atoms with Crippen LogP contribution in [0.25, 0.3) is 0 Å². The van der Waals surface area contributed by atoms with E-state index in [1.54, 1.807) is 0 Å². The largest absolute Gasteiger partial charge is 0.496 e. The fraction of sp³-hybridized carbons (Fsp3) is 0.455. The molecule has 1 rings (SSSR count). The van der Waals surface area contributed by atoms with E-state index in [1.807, 2.05) is 0 Å². The van der Waals surface area contributed by atoms with Gasteiger partial charge >= 0.3 is 0 Å². The molecule has 0 saturated carbocycles. The number of rotatable bonds is 6. The lowest BCUT2D eigenvalue weighted by Gasteiger charge is -2.17. The first-order valence-corrected chi connectivity index (χ1v) is 5.39. The van der Waals surface area contributed by atoms with Gasteiger partial charge in [0.15, 0.2) is 0 Å². The zero-order chi connectivity index (χ0) is 13.7. The average molecular weight is 256 g/mol. The molecule has 0 aromatic heterocycles. The molecule has 18 heavy (non-hydrogen) atoms. The standard InChI is InChI=1S/C11H16N2O5/c1-18-9-5-7(4-8(6-9)13(16)17)11(15)10(14)2-3-12/h4-6,10-11,14-15H,2-3,12H2,1H3. The van der Waals surface area contributed by atoms with Gasteiger partial charge in [0.05, 0.1) is 24.2 Å². The van der Waals surface area contributed by atoms with E-state index in [1.165, 1.54) is 25.3 Å². The summed E-state index contributed by atoms with van der Waals surface area (Å²) in [5, 5.41) is 30.2. The van der Waals surface area contributed by atoms with Crippen molar-refractivity contribution in [1.29, 1.82) is 0 Å². The van der Waals surface area contributed by atoms with Gasteiger partial charge in [0.25, 0.3) is 5.69 Å². The molecule has 2 unspecified atom stereocenters. The molecule has 7 nitrogen and oxygen atoms in total. The van der Waals surface area contributed by atoms with Crippen molar-refractivity contribution < 1.29 is 19.9 Å². The lowest BCUT2D eigenvalue weighted by Crippen LogP contribution is -2.21. The smallest absolute Gasteiger partial charge is 0.273 e. The maximum absolute atomic E-state index is 10.7. The van der Waals surface area contributed by atoms with E-state index in [0.717, 1.165) is 0 Å². The van der Waals surface area contributed by atoms with Crippen LogP contribution >= 0.6 is 0 Å². The van der Waals surface area contributed by atoms with E-state index in [-0.39, 0.29) is 30.0 Å². The van der Waals surface area contributed by atoms with Gasteiger partial charge in [-0.15, -0.1) is 0 Å². The van der Waals surface area contributed by atoms with Gasteiger partial charge in [-0.25, -0.2) is 0 Å². The van der Waals surface area contributed by atoms with E-state index in [0.29, 0.717) is 0 Å². The van der Waals surface area contributed by atoms with Crippen molar-refractivity contribution in [2.24, 2.45) is 5.73 Å². The number of ether oxygens (including phenoxy) is 1. The van der Waals surface area contributed by atoms with Gasteiger partial charge in [0.2, 0.25) is 0 Å². The number of aliphatic hydroxyl groups excluding tert-OH is 2. The van der Waals surface area contributed by atoms with Crippen molar-refractivity contribution in [3.63, 3.8) is 0 Å². The third-order valence-corrected chi connectivity index (χ3v) is 2.53. The quantitative estimate of drug-likeness (QED) is 0.499. The van der Waals surface area contributed by atoms with Crippen LogP contribution in [-0.4, -0.2) is 34.9 Å². The van der Waals surface area contributed by atoms with Crippen LogP contribution in [0.4, 0.5) is 5.69 Å². The van der Waals surface area contributed by atoms with E-state index in [9.17, 15) is 20.3 Å². The van der Waals surface area contributed by atoms with Crippen molar-refractivity contribution in [2.75, 3.05) is 13.7 Å². The molecule has 7 heteroatoms. The zero-order valence-electron chi connectivity index (χ0n) is 9.94. The number of aliphatic hydroxyl groups is 2. The second-order valence-electron chi connectivity index (χ2n) is 3.81. The van der Waals surface area contributed by atoms with Crippen LogP contribution in [0.15, 0.2) is 18.2 Å². The SMILES string of the molecule is COc1cc(C(O)C(O)CCN)cc([N+](=O)[O-])c1. The van der Waals surface area contributed by atoms with E-state index in [4.69, 9.17) is 10.5 Å². The van der Waals surface area contributed by atoms with Crippen molar-refractivity contribution in [3.05, 3.63) is 33.9 Å². The van der Waals surface area contributed by atoms with Crippen LogP contribution in [0.1, 0.15) is 18.1 Å². The Labute approximate surface area is 104 Å². The molecular formula is C11H16N2O5. The van der Waals surface area contributed by atoms with Gasteiger partial charge in [0, 0.05) is 6.07 Å². The normalized spacial score (nSPS) is 14.0. The number of hydrogen-bond acceptors (Lipinski definition) is 6. The van der Waals surface area contributed by atoms with Crippen LogP contribution in [0.2, 0.25) is 0 Å². The minimum atomic E-state index is -1.23. The Morgan fingerprint density at radius 1 is 1.44 bits per heavy atom. The molecule has 0 fully saturated rings. The first-order valence-electron chi connectivity index (χ1n) is 5.39. The molecule has 100 valence electrons. The highest BCUT2D eigenvalue weighted by atomic mass is 16.6. The molecule has 2 atom stereocenters. The average Bonchev–Trinajstić information content (AvgIpc) is 2.37. The highest BCUT2D eigenvalue weighted by Crippen LogP contribution is 2.28. The van der Waals surface area contributed by atoms with Gasteiger partial charge in [-0.3, -0.25) is 10.1 Å². The number of non-ortho nitro benzene ring substituents is 1. The molecule has 1 aromatic carbocycles. The fourth-order valence-electron chi connectivity index (χ4n) is 1.55. The number of hydrogen-bond donors (Lipinski definition) is 3. The maximum Gasteiger partial charge on any atom is 0.273 e. The number of nitrogens with two attached hydrogens (primary N) is 1. The number of nitro groups is 1. The predicted octanol–water partition coefficient (Wildman–Crippen LogP) is 0.346. The molecular weight excluding hydrogens is 240 g/mol. The molecule has 0 aliphatic rings. The Hall–Kier alpha value is -1.70. The van der Waals surface area contributed by atoms with Crippen LogP contribution < -0.4 is 10.5 Å². The molecule has 0 saturated heterocycles. The molecule has 1 aromatic rings. The highest BCUT2D eigenvalue weighted by molar-refractivity contribution is 5.43. The van der Waals surface area contributed by atoms with E-state index < -0.39 is 17.1 Å². The first-order chi connectivity index (χ1) is 8.49. The Bertz CT molecular complexity index is 424. The lowest BCUT2D eigenvalue weighted by molar-refractivity contribution is -0.385. The Morgan fingerprint density at radius 2 is 2.11 bits per heavy atom. The Kier molecular flexibility index (Phi) is 5.02. The third kappa shape index (κ3) is 3.39. The van der Waals surface area contributed by atoms with Crippen molar-refractivity contribution in [2.45, 2.75) is 18.6 Å². The van der Waals surface area contributed by atoms with Gasteiger partial charge in [-0.2, -0.15) is 0 Å². The summed E-state index contributed by atoms with van der Waals surface area (Å²) in [6, 6.07) is 3.88. The van der Waals surface area contributed by atoms with E-state index in [2.05, 4.69) is 0 Å². The molecule has 0 amide bonds. The second kappa shape index (κ2) is 6.29. The summed E-state index contributed by atoms with van der Waals surface area (Å²) in [5.74, 6) is 0.248. The van der Waals surface area contributed by atoms with Crippen molar-refractivity contribution >= 4 is 5.69 Å². The van der Waals surface area contributed by atoms with E-state index >= 15 is 0 Å². The minimum absolute atomic E-state index is 0.201. The topological polar surface area (TPSA) is 119 Å².